The molecule has 1 aromatic heterocycles. The van der Waals surface area contributed by atoms with E-state index >= 15 is 0 Å². The van der Waals surface area contributed by atoms with Crippen molar-refractivity contribution in [2.75, 3.05) is 6.54 Å². The number of hydrogen-bond donors (Lipinski definition) is 1. The molecule has 0 saturated heterocycles. The van der Waals surface area contributed by atoms with Crippen molar-refractivity contribution in [3.05, 3.63) is 49.8 Å². The van der Waals surface area contributed by atoms with Crippen molar-refractivity contribution in [2.24, 2.45) is 7.05 Å². The van der Waals surface area contributed by atoms with Gasteiger partial charge in [-0.05, 0) is 65.4 Å². The minimum absolute atomic E-state index is 0.300. The van der Waals surface area contributed by atoms with Gasteiger partial charge in [0.05, 0.1) is 5.69 Å². The predicted molar refractivity (Wildman–Crippen MR) is 94.8 cm³/mol. The molecule has 3 nitrogen and oxygen atoms in total. The van der Waals surface area contributed by atoms with Crippen LogP contribution in [0.25, 0.3) is 0 Å². The molecule has 1 N–H and O–H groups in total. The summed E-state index contributed by atoms with van der Waals surface area (Å²) in [5, 5.41) is 8.14. The second-order valence-electron chi connectivity index (χ2n) is 4.86. The van der Waals surface area contributed by atoms with Crippen molar-refractivity contribution < 1.29 is 0 Å². The molecular formula is C15H19BrIN3. The van der Waals surface area contributed by atoms with Gasteiger partial charge in [0.25, 0.3) is 0 Å². The normalized spacial score (nSPS) is 12.6. The SMILES string of the molecule is CCCNC(Cc1ccn(C)n1)c1cc(Br)ccc1I. The van der Waals surface area contributed by atoms with Gasteiger partial charge in [0, 0.05) is 33.8 Å². The monoisotopic (exact) mass is 447 g/mol. The highest BCUT2D eigenvalue weighted by molar-refractivity contribution is 14.1. The van der Waals surface area contributed by atoms with Gasteiger partial charge in [0.1, 0.15) is 0 Å². The molecule has 1 unspecified atom stereocenters. The third kappa shape index (κ3) is 4.30. The first-order chi connectivity index (χ1) is 9.60. The van der Waals surface area contributed by atoms with E-state index < -0.39 is 0 Å². The van der Waals surface area contributed by atoms with Crippen molar-refractivity contribution in [3.8, 4) is 0 Å². The molecule has 1 atom stereocenters. The Hall–Kier alpha value is -0.400. The average Bonchev–Trinajstić information content (AvgIpc) is 2.83. The first-order valence-corrected chi connectivity index (χ1v) is 8.64. The van der Waals surface area contributed by atoms with Crippen LogP contribution in [0.1, 0.15) is 30.6 Å². The van der Waals surface area contributed by atoms with Gasteiger partial charge < -0.3 is 5.32 Å². The third-order valence-corrected chi connectivity index (χ3v) is 4.63. The lowest BCUT2D eigenvalue weighted by Crippen LogP contribution is -2.25. The molecule has 0 fully saturated rings. The summed E-state index contributed by atoms with van der Waals surface area (Å²) in [6, 6.07) is 8.83. The molecule has 0 saturated carbocycles. The summed E-state index contributed by atoms with van der Waals surface area (Å²) in [6.07, 6.45) is 4.04. The van der Waals surface area contributed by atoms with Gasteiger partial charge in [0.15, 0.2) is 0 Å². The van der Waals surface area contributed by atoms with E-state index in [-0.39, 0.29) is 0 Å². The first-order valence-electron chi connectivity index (χ1n) is 6.77. The maximum Gasteiger partial charge on any atom is 0.0643 e. The minimum atomic E-state index is 0.300. The second-order valence-corrected chi connectivity index (χ2v) is 6.94. The number of aryl methyl sites for hydroxylation is 1. The quantitative estimate of drug-likeness (QED) is 0.676. The lowest BCUT2D eigenvalue weighted by atomic mass is 10.0. The number of benzene rings is 1. The van der Waals surface area contributed by atoms with Gasteiger partial charge in [-0.2, -0.15) is 5.10 Å². The van der Waals surface area contributed by atoms with Crippen LogP contribution < -0.4 is 5.32 Å². The zero-order valence-corrected chi connectivity index (χ0v) is 15.5. The lowest BCUT2D eigenvalue weighted by molar-refractivity contribution is 0.519. The fraction of sp³-hybridized carbons (Fsp3) is 0.400. The zero-order chi connectivity index (χ0) is 14.5. The molecule has 0 aliphatic carbocycles. The van der Waals surface area contributed by atoms with E-state index in [9.17, 15) is 0 Å². The van der Waals surface area contributed by atoms with E-state index in [4.69, 9.17) is 0 Å². The van der Waals surface area contributed by atoms with Crippen molar-refractivity contribution >= 4 is 38.5 Å². The van der Waals surface area contributed by atoms with Crippen molar-refractivity contribution in [2.45, 2.75) is 25.8 Å². The largest absolute Gasteiger partial charge is 0.310 e. The Balaban J connectivity index is 2.24. The van der Waals surface area contributed by atoms with E-state index in [1.54, 1.807) is 0 Å². The van der Waals surface area contributed by atoms with Crippen molar-refractivity contribution in [1.29, 1.82) is 0 Å². The Bertz CT molecular complexity index is 568. The maximum atomic E-state index is 4.50. The number of aromatic nitrogens is 2. The molecule has 20 heavy (non-hydrogen) atoms. The molecule has 0 radical (unpaired) electrons. The summed E-state index contributed by atoms with van der Waals surface area (Å²) < 4.78 is 4.27. The molecule has 0 bridgehead atoms. The number of nitrogens with zero attached hydrogens (tertiary/aromatic N) is 2. The highest BCUT2D eigenvalue weighted by Gasteiger charge is 2.16. The van der Waals surface area contributed by atoms with E-state index in [1.807, 2.05) is 17.9 Å². The summed E-state index contributed by atoms with van der Waals surface area (Å²) in [5.74, 6) is 0. The average molecular weight is 448 g/mol. The molecule has 0 spiro atoms. The van der Waals surface area contributed by atoms with Gasteiger partial charge in [-0.3, -0.25) is 4.68 Å². The van der Waals surface area contributed by atoms with Crippen LogP contribution in [0, 0.1) is 3.57 Å². The molecular weight excluding hydrogens is 429 g/mol. The van der Waals surface area contributed by atoms with Crippen LogP contribution in [-0.2, 0) is 13.5 Å². The Morgan fingerprint density at radius 1 is 1.40 bits per heavy atom. The highest BCUT2D eigenvalue weighted by atomic mass is 127. The van der Waals surface area contributed by atoms with E-state index in [0.29, 0.717) is 6.04 Å². The van der Waals surface area contributed by atoms with Crippen molar-refractivity contribution in [1.82, 2.24) is 15.1 Å². The van der Waals surface area contributed by atoms with Gasteiger partial charge in [-0.15, -0.1) is 0 Å². The molecule has 1 heterocycles. The fourth-order valence-corrected chi connectivity index (χ4v) is 3.26. The molecule has 1 aromatic carbocycles. The standard InChI is InChI=1S/C15H19BrIN3/c1-3-7-18-15(10-12-6-8-20(2)19-12)13-9-11(16)4-5-14(13)17/h4-6,8-9,15,18H,3,7,10H2,1-2H3. The Labute approximate surface area is 142 Å². The smallest absolute Gasteiger partial charge is 0.0643 e. The Morgan fingerprint density at radius 2 is 2.20 bits per heavy atom. The molecule has 0 amide bonds. The van der Waals surface area contributed by atoms with Gasteiger partial charge in [-0.25, -0.2) is 0 Å². The van der Waals surface area contributed by atoms with Crippen LogP contribution in [0.4, 0.5) is 0 Å². The van der Waals surface area contributed by atoms with Gasteiger partial charge >= 0.3 is 0 Å². The topological polar surface area (TPSA) is 29.9 Å². The molecule has 108 valence electrons. The maximum absolute atomic E-state index is 4.50. The summed E-state index contributed by atoms with van der Waals surface area (Å²) in [5.41, 5.74) is 2.45. The summed E-state index contributed by atoms with van der Waals surface area (Å²) in [4.78, 5) is 0. The van der Waals surface area contributed by atoms with Gasteiger partial charge in [-0.1, -0.05) is 22.9 Å². The van der Waals surface area contributed by atoms with Crippen LogP contribution in [-0.4, -0.2) is 16.3 Å². The number of nitrogens with one attached hydrogen (secondary N) is 1. The van der Waals surface area contributed by atoms with E-state index in [2.05, 4.69) is 80.1 Å². The molecule has 0 aliphatic heterocycles. The van der Waals surface area contributed by atoms with Crippen LogP contribution in [0.3, 0.4) is 0 Å². The molecule has 2 rings (SSSR count). The summed E-state index contributed by atoms with van der Waals surface area (Å²) in [7, 11) is 1.96. The molecule has 2 aromatic rings. The number of halogens is 2. The van der Waals surface area contributed by atoms with Crippen LogP contribution in [0.5, 0.6) is 0 Å². The minimum Gasteiger partial charge on any atom is -0.310 e. The number of hydrogen-bond acceptors (Lipinski definition) is 2. The third-order valence-electron chi connectivity index (χ3n) is 3.16. The van der Waals surface area contributed by atoms with Crippen LogP contribution >= 0.6 is 38.5 Å². The van der Waals surface area contributed by atoms with Crippen LogP contribution in [0.2, 0.25) is 0 Å². The summed E-state index contributed by atoms with van der Waals surface area (Å²) in [6.45, 7) is 3.21. The summed E-state index contributed by atoms with van der Waals surface area (Å²) >= 11 is 5.98. The Kier molecular flexibility index (Phi) is 6.04. The number of rotatable bonds is 6. The van der Waals surface area contributed by atoms with Crippen molar-refractivity contribution in [3.63, 3.8) is 0 Å². The second kappa shape index (κ2) is 7.56. The zero-order valence-electron chi connectivity index (χ0n) is 11.7. The van der Waals surface area contributed by atoms with E-state index in [1.165, 1.54) is 9.13 Å². The molecule has 5 heteroatoms. The van der Waals surface area contributed by atoms with Crippen LogP contribution in [0.15, 0.2) is 34.9 Å². The highest BCUT2D eigenvalue weighted by Crippen LogP contribution is 2.26. The lowest BCUT2D eigenvalue weighted by Gasteiger charge is -2.20. The predicted octanol–water partition coefficient (Wildman–Crippen LogP) is 4.07. The fourth-order valence-electron chi connectivity index (χ4n) is 2.17. The molecule has 0 aliphatic rings. The Morgan fingerprint density at radius 3 is 2.85 bits per heavy atom. The van der Waals surface area contributed by atoms with Gasteiger partial charge in [0.2, 0.25) is 0 Å². The van der Waals surface area contributed by atoms with E-state index in [0.717, 1.165) is 29.6 Å². The first kappa shape index (κ1) is 16.0.